The summed E-state index contributed by atoms with van der Waals surface area (Å²) in [6.45, 7) is 4.39. The number of aliphatic hydroxyl groups is 1. The van der Waals surface area contributed by atoms with Crippen LogP contribution in [0.15, 0.2) is 18.3 Å². The van der Waals surface area contributed by atoms with Gasteiger partial charge in [0.25, 0.3) is 0 Å². The summed E-state index contributed by atoms with van der Waals surface area (Å²) >= 11 is 5.71. The minimum Gasteiger partial charge on any atom is -0.389 e. The summed E-state index contributed by atoms with van der Waals surface area (Å²) in [4.78, 5) is 6.26. The quantitative estimate of drug-likeness (QED) is 0.780. The van der Waals surface area contributed by atoms with Gasteiger partial charge in [-0.25, -0.2) is 4.98 Å². The zero-order valence-corrected chi connectivity index (χ0v) is 9.54. The van der Waals surface area contributed by atoms with Gasteiger partial charge < -0.3 is 5.11 Å². The van der Waals surface area contributed by atoms with Gasteiger partial charge in [0.05, 0.1) is 5.60 Å². The van der Waals surface area contributed by atoms with E-state index in [4.69, 9.17) is 11.6 Å². The van der Waals surface area contributed by atoms with Crippen molar-refractivity contribution in [1.29, 1.82) is 0 Å². The minimum atomic E-state index is -0.528. The highest BCUT2D eigenvalue weighted by Gasteiger charge is 2.30. The fraction of sp³-hybridized carbons (Fsp3) is 0.545. The molecule has 1 saturated heterocycles. The smallest absolute Gasteiger partial charge is 0.129 e. The first-order chi connectivity index (χ1) is 7.05. The Balaban J connectivity index is 1.96. The van der Waals surface area contributed by atoms with E-state index in [1.165, 1.54) is 0 Å². The predicted molar refractivity (Wildman–Crippen MR) is 59.8 cm³/mol. The van der Waals surface area contributed by atoms with Crippen LogP contribution in [0, 0.1) is 0 Å². The summed E-state index contributed by atoms with van der Waals surface area (Å²) in [6, 6.07) is 3.77. The number of hydrogen-bond donors (Lipinski definition) is 1. The highest BCUT2D eigenvalue weighted by Crippen LogP contribution is 2.21. The van der Waals surface area contributed by atoms with Crippen LogP contribution in [0.3, 0.4) is 0 Å². The molecule has 0 amide bonds. The van der Waals surface area contributed by atoms with E-state index < -0.39 is 5.60 Å². The topological polar surface area (TPSA) is 36.4 Å². The molecular weight excluding hydrogens is 212 g/mol. The molecule has 0 bridgehead atoms. The number of aromatic nitrogens is 1. The van der Waals surface area contributed by atoms with Crippen molar-refractivity contribution >= 4 is 11.6 Å². The van der Waals surface area contributed by atoms with Gasteiger partial charge in [0.2, 0.25) is 0 Å². The molecule has 1 aromatic heterocycles. The Morgan fingerprint density at radius 2 is 2.40 bits per heavy atom. The number of β-amino-alcohol motifs (C(OH)–C–C–N with tert-alkyl or cyclic N) is 1. The lowest BCUT2D eigenvalue weighted by molar-refractivity contribution is 0.0679. The van der Waals surface area contributed by atoms with Crippen molar-refractivity contribution in [3.8, 4) is 0 Å². The number of nitrogens with zero attached hydrogens (tertiary/aromatic N) is 2. The fourth-order valence-corrected chi connectivity index (χ4v) is 2.04. The molecule has 2 heterocycles. The van der Waals surface area contributed by atoms with Gasteiger partial charge in [0.15, 0.2) is 0 Å². The van der Waals surface area contributed by atoms with Crippen LogP contribution >= 0.6 is 11.6 Å². The highest BCUT2D eigenvalue weighted by molar-refractivity contribution is 6.29. The first-order valence-electron chi connectivity index (χ1n) is 5.10. The summed E-state index contributed by atoms with van der Waals surface area (Å²) in [5, 5.41) is 10.3. The van der Waals surface area contributed by atoms with Crippen LogP contribution in [-0.2, 0) is 6.54 Å². The molecule has 0 aromatic carbocycles. The van der Waals surface area contributed by atoms with Gasteiger partial charge in [-0.3, -0.25) is 4.90 Å². The van der Waals surface area contributed by atoms with Crippen LogP contribution in [0.4, 0.5) is 0 Å². The summed E-state index contributed by atoms with van der Waals surface area (Å²) in [5.41, 5.74) is 0.608. The van der Waals surface area contributed by atoms with Gasteiger partial charge in [-0.1, -0.05) is 17.7 Å². The number of hydrogen-bond acceptors (Lipinski definition) is 3. The first kappa shape index (κ1) is 10.9. The fourth-order valence-electron chi connectivity index (χ4n) is 1.93. The molecule has 0 aliphatic carbocycles. The molecule has 1 N–H and O–H groups in total. The molecule has 1 aliphatic rings. The molecule has 82 valence electrons. The first-order valence-corrected chi connectivity index (χ1v) is 5.48. The Hall–Kier alpha value is -0.640. The zero-order chi connectivity index (χ0) is 10.9. The van der Waals surface area contributed by atoms with Crippen LogP contribution in [-0.4, -0.2) is 33.7 Å². The monoisotopic (exact) mass is 226 g/mol. The summed E-state index contributed by atoms with van der Waals surface area (Å²) in [6.07, 6.45) is 2.63. The Morgan fingerprint density at radius 1 is 1.60 bits per heavy atom. The van der Waals surface area contributed by atoms with E-state index in [1.54, 1.807) is 12.3 Å². The maximum absolute atomic E-state index is 9.81. The third kappa shape index (κ3) is 2.91. The third-order valence-electron chi connectivity index (χ3n) is 2.73. The molecular formula is C11H15ClN2O. The van der Waals surface area contributed by atoms with Gasteiger partial charge in [0, 0.05) is 25.8 Å². The van der Waals surface area contributed by atoms with Crippen molar-refractivity contribution in [1.82, 2.24) is 9.88 Å². The van der Waals surface area contributed by atoms with Crippen molar-refractivity contribution in [2.75, 3.05) is 13.1 Å². The largest absolute Gasteiger partial charge is 0.389 e. The van der Waals surface area contributed by atoms with Crippen LogP contribution in [0.1, 0.15) is 18.9 Å². The van der Waals surface area contributed by atoms with Crippen molar-refractivity contribution in [2.24, 2.45) is 0 Å². The standard InChI is InChI=1S/C11H15ClN2O/c1-11(15)4-5-14(8-11)7-9-2-3-10(12)13-6-9/h2-3,6,15H,4-5,7-8H2,1H3. The number of halogens is 1. The molecule has 15 heavy (non-hydrogen) atoms. The normalized spacial score (nSPS) is 27.1. The molecule has 4 heteroatoms. The molecule has 1 aromatic rings. The molecule has 2 rings (SSSR count). The van der Waals surface area contributed by atoms with Gasteiger partial charge >= 0.3 is 0 Å². The number of pyridine rings is 1. The van der Waals surface area contributed by atoms with E-state index in [2.05, 4.69) is 9.88 Å². The SMILES string of the molecule is CC1(O)CCN(Cc2ccc(Cl)nc2)C1. The van der Waals surface area contributed by atoms with E-state index in [0.717, 1.165) is 31.6 Å². The molecule has 1 fully saturated rings. The minimum absolute atomic E-state index is 0.521. The van der Waals surface area contributed by atoms with Crippen LogP contribution in [0.2, 0.25) is 5.15 Å². The Kier molecular flexibility index (Phi) is 2.96. The van der Waals surface area contributed by atoms with Crippen molar-refractivity contribution in [2.45, 2.75) is 25.5 Å². The third-order valence-corrected chi connectivity index (χ3v) is 2.95. The van der Waals surface area contributed by atoms with E-state index in [-0.39, 0.29) is 0 Å². The average molecular weight is 227 g/mol. The average Bonchev–Trinajstić information content (AvgIpc) is 2.50. The Labute approximate surface area is 94.7 Å². The Bertz CT molecular complexity index is 337. The zero-order valence-electron chi connectivity index (χ0n) is 8.78. The second-order valence-corrected chi connectivity index (χ2v) is 4.83. The Morgan fingerprint density at radius 3 is 2.93 bits per heavy atom. The lowest BCUT2D eigenvalue weighted by atomic mass is 10.1. The molecule has 1 atom stereocenters. The van der Waals surface area contributed by atoms with E-state index in [9.17, 15) is 5.11 Å². The van der Waals surface area contributed by atoms with Gasteiger partial charge in [-0.15, -0.1) is 0 Å². The van der Waals surface area contributed by atoms with E-state index in [0.29, 0.717) is 5.15 Å². The second kappa shape index (κ2) is 4.08. The van der Waals surface area contributed by atoms with Gasteiger partial charge in [0.1, 0.15) is 5.15 Å². The molecule has 0 saturated carbocycles. The molecule has 0 spiro atoms. The van der Waals surface area contributed by atoms with E-state index in [1.807, 2.05) is 13.0 Å². The highest BCUT2D eigenvalue weighted by atomic mass is 35.5. The van der Waals surface area contributed by atoms with Crippen LogP contribution in [0.5, 0.6) is 0 Å². The molecule has 1 unspecified atom stereocenters. The van der Waals surface area contributed by atoms with Gasteiger partial charge in [-0.05, 0) is 25.0 Å². The van der Waals surface area contributed by atoms with Crippen molar-refractivity contribution < 1.29 is 5.11 Å². The summed E-state index contributed by atoms with van der Waals surface area (Å²) in [5.74, 6) is 0. The lowest BCUT2D eigenvalue weighted by Crippen LogP contribution is -2.29. The second-order valence-electron chi connectivity index (χ2n) is 4.45. The maximum atomic E-state index is 9.81. The maximum Gasteiger partial charge on any atom is 0.129 e. The van der Waals surface area contributed by atoms with Crippen molar-refractivity contribution in [3.63, 3.8) is 0 Å². The number of rotatable bonds is 2. The van der Waals surface area contributed by atoms with E-state index >= 15 is 0 Å². The predicted octanol–water partition coefficient (Wildman–Crippen LogP) is 1.69. The van der Waals surface area contributed by atoms with Crippen molar-refractivity contribution in [3.05, 3.63) is 29.0 Å². The molecule has 3 nitrogen and oxygen atoms in total. The van der Waals surface area contributed by atoms with Crippen LogP contribution < -0.4 is 0 Å². The molecule has 0 radical (unpaired) electrons. The van der Waals surface area contributed by atoms with Crippen LogP contribution in [0.25, 0.3) is 0 Å². The lowest BCUT2D eigenvalue weighted by Gasteiger charge is -2.18. The summed E-state index contributed by atoms with van der Waals surface area (Å²) in [7, 11) is 0. The molecule has 1 aliphatic heterocycles. The number of likely N-dealkylation sites (tertiary alicyclic amines) is 1. The summed E-state index contributed by atoms with van der Waals surface area (Å²) < 4.78 is 0. The van der Waals surface area contributed by atoms with Gasteiger partial charge in [-0.2, -0.15) is 0 Å².